The summed E-state index contributed by atoms with van der Waals surface area (Å²) in [6, 6.07) is 6.25. The number of hydrogen-bond acceptors (Lipinski definition) is 2. The first-order valence-corrected chi connectivity index (χ1v) is 5.22. The van der Waals surface area contributed by atoms with E-state index in [0.29, 0.717) is 5.41 Å². The minimum Gasteiger partial charge on any atom is -0.384 e. The van der Waals surface area contributed by atoms with E-state index in [-0.39, 0.29) is 0 Å². The molecule has 2 N–H and O–H groups in total. The van der Waals surface area contributed by atoms with Gasteiger partial charge in [0.1, 0.15) is 0 Å². The Hall–Kier alpha value is -1.51. The van der Waals surface area contributed by atoms with Crippen LogP contribution in [0.25, 0.3) is 10.9 Å². The third-order valence-corrected chi connectivity index (χ3v) is 2.26. The highest BCUT2D eigenvalue weighted by molar-refractivity contribution is 5.81. The predicted octanol–water partition coefficient (Wildman–Crippen LogP) is 3.02. The predicted molar refractivity (Wildman–Crippen MR) is 64.0 cm³/mol. The van der Waals surface area contributed by atoms with Crippen molar-refractivity contribution in [3.63, 3.8) is 0 Å². The number of benzene rings is 1. The van der Waals surface area contributed by atoms with Crippen LogP contribution in [0.2, 0.25) is 0 Å². The number of rotatable bonds is 2. The van der Waals surface area contributed by atoms with Crippen molar-refractivity contribution in [1.29, 1.82) is 0 Å². The lowest BCUT2D eigenvalue weighted by atomic mass is 9.97. The van der Waals surface area contributed by atoms with Gasteiger partial charge in [0.25, 0.3) is 0 Å². The third-order valence-electron chi connectivity index (χ3n) is 2.26. The summed E-state index contributed by atoms with van der Waals surface area (Å²) in [6.07, 6.45) is 1.84. The quantitative estimate of drug-likeness (QED) is 0.787. The van der Waals surface area contributed by atoms with E-state index in [0.717, 1.165) is 23.1 Å². The standard InChI is InChI=1S/C12H17N3/c1-12(2,3)8-13-10-5-4-9-7-14-15-11(9)6-10/h4-7,13H,8H2,1-3H3,(H,14,15). The Balaban J connectivity index is 2.15. The van der Waals surface area contributed by atoms with Crippen molar-refractivity contribution in [3.8, 4) is 0 Å². The topological polar surface area (TPSA) is 40.7 Å². The number of nitrogens with zero attached hydrogens (tertiary/aromatic N) is 1. The number of H-pyrrole nitrogens is 1. The van der Waals surface area contributed by atoms with Gasteiger partial charge < -0.3 is 5.32 Å². The van der Waals surface area contributed by atoms with E-state index in [1.807, 2.05) is 6.20 Å². The lowest BCUT2D eigenvalue weighted by Gasteiger charge is -2.19. The molecule has 80 valence electrons. The smallest absolute Gasteiger partial charge is 0.0670 e. The zero-order chi connectivity index (χ0) is 10.9. The van der Waals surface area contributed by atoms with E-state index in [9.17, 15) is 0 Å². The second kappa shape index (κ2) is 3.57. The second-order valence-corrected chi connectivity index (χ2v) is 5.09. The van der Waals surface area contributed by atoms with Gasteiger partial charge >= 0.3 is 0 Å². The Labute approximate surface area is 89.9 Å². The molecule has 2 aromatic rings. The molecule has 0 bridgehead atoms. The van der Waals surface area contributed by atoms with Crippen molar-refractivity contribution in [2.45, 2.75) is 20.8 Å². The van der Waals surface area contributed by atoms with Crippen LogP contribution in [0.4, 0.5) is 5.69 Å². The number of anilines is 1. The summed E-state index contributed by atoms with van der Waals surface area (Å²) in [4.78, 5) is 0. The van der Waals surface area contributed by atoms with Gasteiger partial charge in [-0.15, -0.1) is 0 Å². The molecule has 0 radical (unpaired) electrons. The van der Waals surface area contributed by atoms with Crippen LogP contribution in [0, 0.1) is 5.41 Å². The first-order valence-electron chi connectivity index (χ1n) is 5.22. The lowest BCUT2D eigenvalue weighted by Crippen LogP contribution is -2.18. The van der Waals surface area contributed by atoms with E-state index in [1.54, 1.807) is 0 Å². The van der Waals surface area contributed by atoms with Crippen molar-refractivity contribution in [3.05, 3.63) is 24.4 Å². The monoisotopic (exact) mass is 203 g/mol. The molecule has 0 atom stereocenters. The van der Waals surface area contributed by atoms with Crippen LogP contribution in [0.1, 0.15) is 20.8 Å². The van der Waals surface area contributed by atoms with Gasteiger partial charge in [0.15, 0.2) is 0 Å². The molecule has 0 aliphatic rings. The van der Waals surface area contributed by atoms with Crippen molar-refractivity contribution in [2.24, 2.45) is 5.41 Å². The molecule has 0 aliphatic heterocycles. The summed E-state index contributed by atoms with van der Waals surface area (Å²) >= 11 is 0. The minimum absolute atomic E-state index is 0.295. The number of aromatic amines is 1. The average molecular weight is 203 g/mol. The van der Waals surface area contributed by atoms with Crippen LogP contribution in [0.15, 0.2) is 24.4 Å². The molecule has 0 saturated heterocycles. The first kappa shape index (κ1) is 10.0. The molecule has 0 fully saturated rings. The summed E-state index contributed by atoms with van der Waals surface area (Å²) in [5.74, 6) is 0. The SMILES string of the molecule is CC(C)(C)CNc1ccc2cn[nH]c2c1. The van der Waals surface area contributed by atoms with E-state index in [2.05, 4.69) is 54.5 Å². The first-order chi connectivity index (χ1) is 7.04. The van der Waals surface area contributed by atoms with E-state index < -0.39 is 0 Å². The van der Waals surface area contributed by atoms with Crippen LogP contribution in [0.3, 0.4) is 0 Å². The van der Waals surface area contributed by atoms with Crippen LogP contribution in [-0.4, -0.2) is 16.7 Å². The fourth-order valence-corrected chi connectivity index (χ4v) is 1.41. The van der Waals surface area contributed by atoms with Gasteiger partial charge in [0.05, 0.1) is 11.7 Å². The summed E-state index contributed by atoms with van der Waals surface area (Å²) in [5.41, 5.74) is 2.51. The molecule has 1 aromatic carbocycles. The van der Waals surface area contributed by atoms with Crippen LogP contribution < -0.4 is 5.32 Å². The van der Waals surface area contributed by atoms with Crippen molar-refractivity contribution < 1.29 is 0 Å². The molecule has 0 unspecified atom stereocenters. The van der Waals surface area contributed by atoms with Crippen molar-refractivity contribution in [2.75, 3.05) is 11.9 Å². The summed E-state index contributed by atoms with van der Waals surface area (Å²) in [6.45, 7) is 7.62. The third kappa shape index (κ3) is 2.49. The zero-order valence-electron chi connectivity index (χ0n) is 9.46. The fourth-order valence-electron chi connectivity index (χ4n) is 1.41. The number of aromatic nitrogens is 2. The van der Waals surface area contributed by atoms with Crippen LogP contribution >= 0.6 is 0 Å². The van der Waals surface area contributed by atoms with Crippen LogP contribution in [-0.2, 0) is 0 Å². The number of nitrogens with one attached hydrogen (secondary N) is 2. The molecular formula is C12H17N3. The molecule has 3 nitrogen and oxygen atoms in total. The Morgan fingerprint density at radius 1 is 1.33 bits per heavy atom. The molecule has 2 rings (SSSR count). The van der Waals surface area contributed by atoms with Gasteiger partial charge in [0, 0.05) is 17.6 Å². The summed E-state index contributed by atoms with van der Waals surface area (Å²) in [7, 11) is 0. The minimum atomic E-state index is 0.295. The fraction of sp³-hybridized carbons (Fsp3) is 0.417. The van der Waals surface area contributed by atoms with Gasteiger partial charge in [-0.25, -0.2) is 0 Å². The van der Waals surface area contributed by atoms with Crippen molar-refractivity contribution >= 4 is 16.6 Å². The van der Waals surface area contributed by atoms with E-state index in [1.165, 1.54) is 0 Å². The normalized spacial score (nSPS) is 11.9. The molecule has 1 aromatic heterocycles. The molecular weight excluding hydrogens is 186 g/mol. The maximum atomic E-state index is 4.00. The van der Waals surface area contributed by atoms with Gasteiger partial charge in [-0.3, -0.25) is 5.10 Å². The average Bonchev–Trinajstić information content (AvgIpc) is 2.60. The van der Waals surface area contributed by atoms with Crippen LogP contribution in [0.5, 0.6) is 0 Å². The molecule has 3 heteroatoms. The highest BCUT2D eigenvalue weighted by atomic mass is 15.1. The molecule has 1 heterocycles. The Bertz CT molecular complexity index is 451. The largest absolute Gasteiger partial charge is 0.384 e. The number of hydrogen-bond donors (Lipinski definition) is 2. The summed E-state index contributed by atoms with van der Waals surface area (Å²) in [5, 5.41) is 11.5. The van der Waals surface area contributed by atoms with Gasteiger partial charge in [0.2, 0.25) is 0 Å². The highest BCUT2D eigenvalue weighted by Crippen LogP contribution is 2.19. The van der Waals surface area contributed by atoms with Gasteiger partial charge in [-0.1, -0.05) is 20.8 Å². The van der Waals surface area contributed by atoms with Gasteiger partial charge in [-0.2, -0.15) is 5.10 Å². The maximum Gasteiger partial charge on any atom is 0.0670 e. The Morgan fingerprint density at radius 3 is 2.87 bits per heavy atom. The molecule has 0 aliphatic carbocycles. The highest BCUT2D eigenvalue weighted by Gasteiger charge is 2.09. The Kier molecular flexibility index (Phi) is 2.39. The molecule has 0 saturated carbocycles. The molecule has 0 amide bonds. The maximum absolute atomic E-state index is 4.00. The second-order valence-electron chi connectivity index (χ2n) is 5.09. The zero-order valence-corrected chi connectivity index (χ0v) is 9.46. The number of fused-ring (bicyclic) bond motifs is 1. The van der Waals surface area contributed by atoms with Crippen molar-refractivity contribution in [1.82, 2.24) is 10.2 Å². The van der Waals surface area contributed by atoms with Gasteiger partial charge in [-0.05, 0) is 23.6 Å². The lowest BCUT2D eigenvalue weighted by molar-refractivity contribution is 0.443. The summed E-state index contributed by atoms with van der Waals surface area (Å²) < 4.78 is 0. The molecule has 0 spiro atoms. The van der Waals surface area contributed by atoms with E-state index >= 15 is 0 Å². The molecule has 15 heavy (non-hydrogen) atoms. The Morgan fingerprint density at radius 2 is 2.13 bits per heavy atom. The van der Waals surface area contributed by atoms with E-state index in [4.69, 9.17) is 0 Å².